The van der Waals surface area contributed by atoms with E-state index in [1.165, 1.54) is 18.5 Å². The molecule has 3 rings (SSSR count). The Hall–Kier alpha value is -2.19. The van der Waals surface area contributed by atoms with E-state index in [1.807, 2.05) is 13.8 Å². The van der Waals surface area contributed by atoms with Crippen LogP contribution in [0.3, 0.4) is 0 Å². The maximum Gasteiger partial charge on any atom is 0.229 e. The molecule has 0 aliphatic carbocycles. The highest BCUT2D eigenvalue weighted by atomic mass is 35.5. The second-order valence-electron chi connectivity index (χ2n) is 6.44. The second-order valence-corrected chi connectivity index (χ2v) is 8.59. The Morgan fingerprint density at radius 3 is 2.58 bits per heavy atom. The summed E-state index contributed by atoms with van der Waals surface area (Å²) >= 11 is 6.26. The molecule has 0 aliphatic rings. The lowest BCUT2D eigenvalue weighted by molar-refractivity contribution is 0.607. The van der Waals surface area contributed by atoms with Crippen LogP contribution in [0.1, 0.15) is 25.5 Å². The van der Waals surface area contributed by atoms with Crippen molar-refractivity contribution in [1.82, 2.24) is 14.8 Å². The summed E-state index contributed by atoms with van der Waals surface area (Å²) in [6, 6.07) is 3.07. The molecular weight excluding hydrogens is 379 g/mol. The summed E-state index contributed by atoms with van der Waals surface area (Å²) < 4.78 is 42.1. The molecule has 6 nitrogen and oxygen atoms in total. The van der Waals surface area contributed by atoms with Crippen LogP contribution in [0.15, 0.2) is 24.5 Å². The number of anilines is 1. The number of nitrogens with one attached hydrogen (secondary N) is 1. The molecule has 1 aromatic carbocycles. The Morgan fingerprint density at radius 1 is 1.27 bits per heavy atom. The highest BCUT2D eigenvalue weighted by molar-refractivity contribution is 7.92. The SMILES string of the molecule is CC(C)c1c2cc(-c3c(Cl)cncc3NS(C)(=O)=O)cc(F)c2nn1C. The molecule has 2 heterocycles. The summed E-state index contributed by atoms with van der Waals surface area (Å²) in [6.07, 6.45) is 3.76. The molecule has 0 amide bonds. The van der Waals surface area contributed by atoms with Crippen LogP contribution in [-0.2, 0) is 17.1 Å². The third kappa shape index (κ3) is 3.39. The molecule has 0 unspecified atom stereocenters. The van der Waals surface area contributed by atoms with Crippen molar-refractivity contribution in [1.29, 1.82) is 0 Å². The van der Waals surface area contributed by atoms with E-state index in [1.54, 1.807) is 17.8 Å². The number of hydrogen-bond acceptors (Lipinski definition) is 4. The molecule has 26 heavy (non-hydrogen) atoms. The number of fused-ring (bicyclic) bond motifs is 1. The van der Waals surface area contributed by atoms with E-state index in [0.717, 1.165) is 11.9 Å². The van der Waals surface area contributed by atoms with Gasteiger partial charge in [0.2, 0.25) is 10.0 Å². The number of aromatic nitrogens is 3. The number of nitrogens with zero attached hydrogens (tertiary/aromatic N) is 3. The maximum atomic E-state index is 14.7. The predicted molar refractivity (Wildman–Crippen MR) is 101 cm³/mol. The van der Waals surface area contributed by atoms with E-state index >= 15 is 0 Å². The zero-order valence-electron chi connectivity index (χ0n) is 14.7. The number of halogens is 2. The van der Waals surface area contributed by atoms with Gasteiger partial charge in [0.25, 0.3) is 0 Å². The quantitative estimate of drug-likeness (QED) is 0.725. The Labute approximate surface area is 156 Å². The standard InChI is InChI=1S/C17H18ClFN4O2S/c1-9(2)17-11-5-10(6-13(19)16(11)21-23(17)3)15-12(18)7-20-8-14(15)22-26(4,24)25/h5-9,22H,1-4H3. The lowest BCUT2D eigenvalue weighted by Gasteiger charge is -2.13. The van der Waals surface area contributed by atoms with Crippen molar-refractivity contribution < 1.29 is 12.8 Å². The monoisotopic (exact) mass is 396 g/mol. The van der Waals surface area contributed by atoms with E-state index < -0.39 is 15.8 Å². The van der Waals surface area contributed by atoms with Crippen LogP contribution in [-0.4, -0.2) is 29.4 Å². The van der Waals surface area contributed by atoms with Gasteiger partial charge < -0.3 is 0 Å². The van der Waals surface area contributed by atoms with Crippen molar-refractivity contribution in [2.75, 3.05) is 11.0 Å². The molecule has 0 atom stereocenters. The first-order valence-electron chi connectivity index (χ1n) is 7.86. The van der Waals surface area contributed by atoms with Crippen molar-refractivity contribution in [3.63, 3.8) is 0 Å². The molecule has 0 aliphatic heterocycles. The zero-order valence-corrected chi connectivity index (χ0v) is 16.3. The summed E-state index contributed by atoms with van der Waals surface area (Å²) in [6.45, 7) is 3.99. The summed E-state index contributed by atoms with van der Waals surface area (Å²) in [7, 11) is -1.79. The summed E-state index contributed by atoms with van der Waals surface area (Å²) in [5, 5.41) is 5.14. The fourth-order valence-corrected chi connectivity index (χ4v) is 3.93. The van der Waals surface area contributed by atoms with Gasteiger partial charge in [-0.05, 0) is 23.6 Å². The van der Waals surface area contributed by atoms with Crippen LogP contribution in [0.4, 0.5) is 10.1 Å². The van der Waals surface area contributed by atoms with Crippen molar-refractivity contribution in [3.8, 4) is 11.1 Å². The van der Waals surface area contributed by atoms with Gasteiger partial charge in [-0.1, -0.05) is 25.4 Å². The number of aryl methyl sites for hydroxylation is 1. The number of pyridine rings is 1. The first-order chi connectivity index (χ1) is 12.1. The Kier molecular flexibility index (Phi) is 4.66. The average molecular weight is 397 g/mol. The smallest absolute Gasteiger partial charge is 0.229 e. The van der Waals surface area contributed by atoms with Crippen LogP contribution in [0.5, 0.6) is 0 Å². The van der Waals surface area contributed by atoms with E-state index in [0.29, 0.717) is 16.5 Å². The van der Waals surface area contributed by atoms with Crippen LogP contribution in [0, 0.1) is 5.82 Å². The third-order valence-electron chi connectivity index (χ3n) is 3.97. The summed E-state index contributed by atoms with van der Waals surface area (Å²) in [5.74, 6) is -0.376. The topological polar surface area (TPSA) is 76.9 Å². The van der Waals surface area contributed by atoms with Crippen molar-refractivity contribution in [2.45, 2.75) is 19.8 Å². The molecule has 2 aromatic heterocycles. The van der Waals surface area contributed by atoms with Crippen LogP contribution in [0.2, 0.25) is 5.02 Å². The average Bonchev–Trinajstić information content (AvgIpc) is 2.82. The fraction of sp³-hybridized carbons (Fsp3) is 0.294. The molecule has 0 fully saturated rings. The highest BCUT2D eigenvalue weighted by Gasteiger charge is 2.20. The maximum absolute atomic E-state index is 14.7. The molecular formula is C17H18ClFN4O2S. The van der Waals surface area contributed by atoms with Gasteiger partial charge >= 0.3 is 0 Å². The van der Waals surface area contributed by atoms with E-state index in [2.05, 4.69) is 14.8 Å². The van der Waals surface area contributed by atoms with Gasteiger partial charge in [-0.15, -0.1) is 0 Å². The number of sulfonamides is 1. The van der Waals surface area contributed by atoms with Crippen molar-refractivity contribution >= 4 is 38.2 Å². The first kappa shape index (κ1) is 18.6. The van der Waals surface area contributed by atoms with Crippen molar-refractivity contribution in [3.05, 3.63) is 41.1 Å². The predicted octanol–water partition coefficient (Wildman–Crippen LogP) is 3.92. The van der Waals surface area contributed by atoms with E-state index in [-0.39, 0.29) is 22.1 Å². The third-order valence-corrected chi connectivity index (χ3v) is 4.85. The molecule has 0 saturated heterocycles. The lowest BCUT2D eigenvalue weighted by Crippen LogP contribution is -2.11. The van der Waals surface area contributed by atoms with Gasteiger partial charge in [-0.25, -0.2) is 12.8 Å². The molecule has 138 valence electrons. The molecule has 0 spiro atoms. The highest BCUT2D eigenvalue weighted by Crippen LogP contribution is 2.38. The Balaban J connectivity index is 2.32. The van der Waals surface area contributed by atoms with Crippen LogP contribution in [0.25, 0.3) is 22.0 Å². The number of benzene rings is 1. The normalized spacial score (nSPS) is 12.1. The van der Waals surface area contributed by atoms with Gasteiger partial charge in [0, 0.05) is 29.9 Å². The number of hydrogen-bond donors (Lipinski definition) is 1. The van der Waals surface area contributed by atoms with Crippen LogP contribution >= 0.6 is 11.6 Å². The van der Waals surface area contributed by atoms with Gasteiger partial charge in [0.15, 0.2) is 5.82 Å². The summed E-state index contributed by atoms with van der Waals surface area (Å²) in [5.41, 5.74) is 2.15. The van der Waals surface area contributed by atoms with E-state index in [4.69, 9.17) is 11.6 Å². The largest absolute Gasteiger partial charge is 0.282 e. The molecule has 0 saturated carbocycles. The zero-order chi connectivity index (χ0) is 19.2. The number of rotatable bonds is 4. The Bertz CT molecular complexity index is 1110. The molecule has 1 N–H and O–H groups in total. The van der Waals surface area contributed by atoms with Crippen LogP contribution < -0.4 is 4.72 Å². The fourth-order valence-electron chi connectivity index (χ4n) is 3.11. The molecule has 0 bridgehead atoms. The second kappa shape index (κ2) is 6.51. The van der Waals surface area contributed by atoms with Gasteiger partial charge in [-0.3, -0.25) is 14.4 Å². The molecule has 9 heteroatoms. The minimum Gasteiger partial charge on any atom is -0.282 e. The van der Waals surface area contributed by atoms with Gasteiger partial charge in [0.1, 0.15) is 5.52 Å². The molecule has 3 aromatic rings. The van der Waals surface area contributed by atoms with E-state index in [9.17, 15) is 12.8 Å². The first-order valence-corrected chi connectivity index (χ1v) is 10.1. The summed E-state index contributed by atoms with van der Waals surface area (Å²) in [4.78, 5) is 3.92. The van der Waals surface area contributed by atoms with Gasteiger partial charge in [-0.2, -0.15) is 5.10 Å². The lowest BCUT2D eigenvalue weighted by atomic mass is 9.99. The minimum atomic E-state index is -3.55. The molecule has 0 radical (unpaired) electrons. The van der Waals surface area contributed by atoms with Gasteiger partial charge in [0.05, 0.1) is 23.2 Å². The van der Waals surface area contributed by atoms with Crippen molar-refractivity contribution in [2.24, 2.45) is 7.05 Å². The Morgan fingerprint density at radius 2 is 1.96 bits per heavy atom. The minimum absolute atomic E-state index is 0.126.